The molecule has 1 atom stereocenters. The molecular weight excluding hydrogens is 342 g/mol. The maximum absolute atomic E-state index is 13.5. The monoisotopic (exact) mass is 355 g/mol. The Morgan fingerprint density at radius 1 is 1.40 bits per heavy atom. The van der Waals surface area contributed by atoms with E-state index in [-0.39, 0.29) is 4.83 Å². The molecule has 20 heavy (non-hydrogen) atoms. The number of hydrogen-bond donors (Lipinski definition) is 0. The maximum atomic E-state index is 13.5. The van der Waals surface area contributed by atoms with E-state index in [9.17, 15) is 22.4 Å². The van der Waals surface area contributed by atoms with E-state index < -0.39 is 29.0 Å². The molecule has 0 radical (unpaired) electrons. The highest BCUT2D eigenvalue weighted by Crippen LogP contribution is 2.30. The molecule has 0 spiro atoms. The summed E-state index contributed by atoms with van der Waals surface area (Å²) in [5, 5.41) is 0. The smallest absolute Gasteiger partial charge is 0.342 e. The zero-order valence-electron chi connectivity index (χ0n) is 11.0. The Balaban J connectivity index is 2.97. The Morgan fingerprint density at radius 3 is 2.50 bits per heavy atom. The van der Waals surface area contributed by atoms with E-state index in [1.54, 1.807) is 0 Å². The van der Waals surface area contributed by atoms with E-state index in [1.807, 2.05) is 6.92 Å². The molecule has 112 valence electrons. The van der Waals surface area contributed by atoms with Gasteiger partial charge in [-0.2, -0.15) is 13.2 Å². The molecule has 1 aromatic rings. The average Bonchev–Trinajstić information content (AvgIpc) is 2.34. The number of amides is 1. The van der Waals surface area contributed by atoms with Crippen LogP contribution in [0.25, 0.3) is 0 Å². The van der Waals surface area contributed by atoms with Gasteiger partial charge < -0.3 is 4.90 Å². The van der Waals surface area contributed by atoms with Gasteiger partial charge in [0.25, 0.3) is 5.91 Å². The Labute approximate surface area is 122 Å². The molecule has 0 aromatic heterocycles. The van der Waals surface area contributed by atoms with Gasteiger partial charge in [0.1, 0.15) is 5.82 Å². The fraction of sp³-hybridized carbons (Fsp3) is 0.462. The summed E-state index contributed by atoms with van der Waals surface area (Å²) in [7, 11) is 1.43. The Kier molecular flexibility index (Phi) is 5.56. The molecule has 1 amide bonds. The molecule has 0 aliphatic heterocycles. The van der Waals surface area contributed by atoms with Crippen LogP contribution in [0.2, 0.25) is 0 Å². The summed E-state index contributed by atoms with van der Waals surface area (Å²) in [6.45, 7) is 2.20. The molecule has 1 aromatic carbocycles. The van der Waals surface area contributed by atoms with Crippen LogP contribution in [0.5, 0.6) is 0 Å². The van der Waals surface area contributed by atoms with Crippen molar-refractivity contribution >= 4 is 21.8 Å². The SMILES string of the molecule is CC(Br)CCN(C)C(=O)c1cc(C(F)(F)F)ccc1F. The highest BCUT2D eigenvalue weighted by Gasteiger charge is 2.32. The van der Waals surface area contributed by atoms with Gasteiger partial charge in [0, 0.05) is 18.4 Å². The lowest BCUT2D eigenvalue weighted by molar-refractivity contribution is -0.137. The van der Waals surface area contributed by atoms with Crippen molar-refractivity contribution in [1.29, 1.82) is 0 Å². The van der Waals surface area contributed by atoms with Crippen molar-refractivity contribution in [2.24, 2.45) is 0 Å². The number of carbonyl (C=O) groups excluding carboxylic acids is 1. The summed E-state index contributed by atoms with van der Waals surface area (Å²) < 4.78 is 51.2. The second-order valence-electron chi connectivity index (χ2n) is 4.49. The third-order valence-electron chi connectivity index (χ3n) is 2.73. The Hall–Kier alpha value is -1.11. The first kappa shape index (κ1) is 16.9. The lowest BCUT2D eigenvalue weighted by Gasteiger charge is -2.19. The second kappa shape index (κ2) is 6.56. The zero-order chi connectivity index (χ0) is 15.5. The highest BCUT2D eigenvalue weighted by atomic mass is 79.9. The molecule has 0 heterocycles. The van der Waals surface area contributed by atoms with Crippen LogP contribution >= 0.6 is 15.9 Å². The second-order valence-corrected chi connectivity index (χ2v) is 6.05. The molecule has 7 heteroatoms. The van der Waals surface area contributed by atoms with E-state index in [4.69, 9.17) is 0 Å². The summed E-state index contributed by atoms with van der Waals surface area (Å²) in [6.07, 6.45) is -3.99. The lowest BCUT2D eigenvalue weighted by atomic mass is 10.1. The van der Waals surface area contributed by atoms with Gasteiger partial charge >= 0.3 is 6.18 Å². The van der Waals surface area contributed by atoms with Crippen LogP contribution in [0, 0.1) is 5.82 Å². The van der Waals surface area contributed by atoms with Crippen LogP contribution in [-0.4, -0.2) is 29.2 Å². The van der Waals surface area contributed by atoms with Crippen molar-refractivity contribution < 1.29 is 22.4 Å². The van der Waals surface area contributed by atoms with Crippen LogP contribution in [-0.2, 0) is 6.18 Å². The summed E-state index contributed by atoms with van der Waals surface area (Å²) in [4.78, 5) is 13.3. The number of nitrogens with zero attached hydrogens (tertiary/aromatic N) is 1. The molecule has 0 N–H and O–H groups in total. The Bertz CT molecular complexity index is 488. The van der Waals surface area contributed by atoms with Crippen LogP contribution in [0.1, 0.15) is 29.3 Å². The fourth-order valence-corrected chi connectivity index (χ4v) is 1.75. The molecule has 0 saturated carbocycles. The minimum Gasteiger partial charge on any atom is -0.342 e. The van der Waals surface area contributed by atoms with Gasteiger partial charge in [0.2, 0.25) is 0 Å². The van der Waals surface area contributed by atoms with E-state index in [0.717, 1.165) is 0 Å². The number of carbonyl (C=O) groups is 1. The van der Waals surface area contributed by atoms with E-state index in [1.165, 1.54) is 11.9 Å². The standard InChI is InChI=1S/C13H14BrF4NO/c1-8(14)5-6-19(2)12(20)10-7-9(13(16,17)18)3-4-11(10)15/h3-4,7-8H,5-6H2,1-2H3. The van der Waals surface area contributed by atoms with Crippen molar-refractivity contribution in [3.05, 3.63) is 35.1 Å². The summed E-state index contributed by atoms with van der Waals surface area (Å²) >= 11 is 3.30. The van der Waals surface area contributed by atoms with E-state index in [0.29, 0.717) is 31.2 Å². The first-order chi connectivity index (χ1) is 9.12. The van der Waals surface area contributed by atoms with Gasteiger partial charge in [-0.25, -0.2) is 4.39 Å². The molecule has 1 unspecified atom stereocenters. The first-order valence-electron chi connectivity index (χ1n) is 5.89. The number of halogens is 5. The molecule has 0 aliphatic rings. The van der Waals surface area contributed by atoms with Crippen LogP contribution < -0.4 is 0 Å². The Morgan fingerprint density at radius 2 is 2.00 bits per heavy atom. The van der Waals surface area contributed by atoms with Crippen molar-refractivity contribution in [3.8, 4) is 0 Å². The van der Waals surface area contributed by atoms with Crippen molar-refractivity contribution in [3.63, 3.8) is 0 Å². The topological polar surface area (TPSA) is 20.3 Å². The average molecular weight is 356 g/mol. The van der Waals surface area contributed by atoms with E-state index >= 15 is 0 Å². The highest BCUT2D eigenvalue weighted by molar-refractivity contribution is 9.09. The van der Waals surface area contributed by atoms with Crippen molar-refractivity contribution in [1.82, 2.24) is 4.90 Å². The molecular formula is C13H14BrF4NO. The minimum absolute atomic E-state index is 0.157. The van der Waals surface area contributed by atoms with Gasteiger partial charge in [-0.05, 0) is 24.6 Å². The van der Waals surface area contributed by atoms with Gasteiger partial charge in [0.15, 0.2) is 0 Å². The minimum atomic E-state index is -4.61. The van der Waals surface area contributed by atoms with Gasteiger partial charge in [-0.15, -0.1) is 0 Å². The third kappa shape index (κ3) is 4.47. The summed E-state index contributed by atoms with van der Waals surface area (Å²) in [5.74, 6) is -1.72. The zero-order valence-corrected chi connectivity index (χ0v) is 12.6. The van der Waals surface area contributed by atoms with Crippen molar-refractivity contribution in [2.45, 2.75) is 24.3 Å². The number of rotatable bonds is 4. The third-order valence-corrected chi connectivity index (χ3v) is 3.19. The fourth-order valence-electron chi connectivity index (χ4n) is 1.54. The van der Waals surface area contributed by atoms with Gasteiger partial charge in [0.05, 0.1) is 11.1 Å². The van der Waals surface area contributed by atoms with E-state index in [2.05, 4.69) is 15.9 Å². The molecule has 1 rings (SSSR count). The maximum Gasteiger partial charge on any atom is 0.416 e. The van der Waals surface area contributed by atoms with Gasteiger partial charge in [-0.3, -0.25) is 4.79 Å². The van der Waals surface area contributed by atoms with Crippen molar-refractivity contribution in [2.75, 3.05) is 13.6 Å². The predicted molar refractivity (Wildman–Crippen MR) is 71.4 cm³/mol. The van der Waals surface area contributed by atoms with Crippen LogP contribution in [0.4, 0.5) is 17.6 Å². The number of hydrogen-bond acceptors (Lipinski definition) is 1. The summed E-state index contributed by atoms with van der Waals surface area (Å²) in [6, 6.07) is 1.83. The quantitative estimate of drug-likeness (QED) is 0.588. The van der Waals surface area contributed by atoms with Crippen LogP contribution in [0.15, 0.2) is 18.2 Å². The largest absolute Gasteiger partial charge is 0.416 e. The van der Waals surface area contributed by atoms with Gasteiger partial charge in [-0.1, -0.05) is 22.9 Å². The molecule has 0 fully saturated rings. The number of benzene rings is 1. The lowest BCUT2D eigenvalue weighted by Crippen LogP contribution is -2.29. The molecule has 2 nitrogen and oxygen atoms in total. The first-order valence-corrected chi connectivity index (χ1v) is 6.80. The van der Waals surface area contributed by atoms with Crippen LogP contribution in [0.3, 0.4) is 0 Å². The normalized spacial score (nSPS) is 13.2. The molecule has 0 bridgehead atoms. The molecule has 0 saturated heterocycles. The molecule has 0 aliphatic carbocycles. The summed E-state index contributed by atoms with van der Waals surface area (Å²) in [5.41, 5.74) is -1.60. The number of alkyl halides is 4. The predicted octanol–water partition coefficient (Wildman–Crippen LogP) is 4.09.